The lowest BCUT2D eigenvalue weighted by molar-refractivity contribution is -0.117. The van der Waals surface area contributed by atoms with Crippen molar-refractivity contribution in [3.63, 3.8) is 0 Å². The first kappa shape index (κ1) is 19.8. The SMILES string of the molecule is Nc1c(F)ccc(NC(=O)[C@H]2[C@H](c3cc(Cl)c(Cl)c(Cl)c3)C2(Cl)Cl)c1F. The Hall–Kier alpha value is -0.980. The summed E-state index contributed by atoms with van der Waals surface area (Å²) in [6.45, 7) is 0. The van der Waals surface area contributed by atoms with Gasteiger partial charge in [0.1, 0.15) is 15.8 Å². The van der Waals surface area contributed by atoms with Gasteiger partial charge in [0.05, 0.1) is 26.7 Å². The molecule has 1 amide bonds. The number of halogens is 7. The number of alkyl halides is 2. The zero-order valence-electron chi connectivity index (χ0n) is 12.6. The number of nitrogens with two attached hydrogens (primary N) is 1. The molecule has 1 aliphatic rings. The number of carbonyl (C=O) groups is 1. The third-order valence-corrected chi connectivity index (χ3v) is 6.22. The molecule has 0 heterocycles. The Bertz CT molecular complexity index is 899. The van der Waals surface area contributed by atoms with E-state index >= 15 is 0 Å². The number of carbonyl (C=O) groups excluding carboxylic acids is 1. The zero-order chi connectivity index (χ0) is 19.4. The second-order valence-electron chi connectivity index (χ2n) is 5.74. The highest BCUT2D eigenvalue weighted by Crippen LogP contribution is 2.65. The molecule has 138 valence electrons. The van der Waals surface area contributed by atoms with Crippen molar-refractivity contribution < 1.29 is 13.6 Å². The van der Waals surface area contributed by atoms with E-state index in [1.54, 1.807) is 0 Å². The molecule has 0 radical (unpaired) electrons. The van der Waals surface area contributed by atoms with E-state index < -0.39 is 39.4 Å². The van der Waals surface area contributed by atoms with Crippen molar-refractivity contribution in [3.05, 3.63) is 56.5 Å². The van der Waals surface area contributed by atoms with Crippen LogP contribution in [0.25, 0.3) is 0 Å². The Labute approximate surface area is 172 Å². The lowest BCUT2D eigenvalue weighted by Crippen LogP contribution is -2.18. The minimum atomic E-state index is -1.45. The van der Waals surface area contributed by atoms with Crippen LogP contribution in [0, 0.1) is 17.6 Å². The molecule has 3 nitrogen and oxygen atoms in total. The first-order chi connectivity index (χ1) is 12.1. The Kier molecular flexibility index (Phi) is 5.23. The number of amides is 1. The Balaban J connectivity index is 1.86. The fraction of sp³-hybridized carbons (Fsp3) is 0.188. The molecule has 0 bridgehead atoms. The van der Waals surface area contributed by atoms with E-state index in [9.17, 15) is 13.6 Å². The first-order valence-corrected chi connectivity index (χ1v) is 9.01. The smallest absolute Gasteiger partial charge is 0.231 e. The second kappa shape index (κ2) is 6.88. The van der Waals surface area contributed by atoms with Gasteiger partial charge in [-0.1, -0.05) is 34.8 Å². The maximum atomic E-state index is 14.0. The van der Waals surface area contributed by atoms with Crippen LogP contribution in [0.5, 0.6) is 0 Å². The summed E-state index contributed by atoms with van der Waals surface area (Å²) >= 11 is 30.3. The topological polar surface area (TPSA) is 55.1 Å². The third kappa shape index (κ3) is 3.32. The largest absolute Gasteiger partial charge is 0.394 e. The molecule has 1 fully saturated rings. The van der Waals surface area contributed by atoms with Crippen LogP contribution in [0.3, 0.4) is 0 Å². The monoisotopic (exact) mass is 458 g/mol. The maximum absolute atomic E-state index is 14.0. The van der Waals surface area contributed by atoms with Gasteiger partial charge in [-0.2, -0.15) is 0 Å². The summed E-state index contributed by atoms with van der Waals surface area (Å²) in [7, 11) is 0. The van der Waals surface area contributed by atoms with E-state index in [4.69, 9.17) is 63.7 Å². The average molecular weight is 461 g/mol. The molecule has 0 saturated heterocycles. The van der Waals surface area contributed by atoms with Crippen LogP contribution in [0.15, 0.2) is 24.3 Å². The fourth-order valence-corrected chi connectivity index (χ4v) is 4.14. The fourth-order valence-electron chi connectivity index (χ4n) is 2.70. The maximum Gasteiger partial charge on any atom is 0.231 e. The number of nitrogens with one attached hydrogen (secondary N) is 1. The molecular weight excluding hydrogens is 451 g/mol. The summed E-state index contributed by atoms with van der Waals surface area (Å²) in [6.07, 6.45) is 0. The van der Waals surface area contributed by atoms with Crippen molar-refractivity contribution >= 4 is 75.3 Å². The number of hydrogen-bond donors (Lipinski definition) is 2. The molecule has 10 heteroatoms. The normalized spacial score (nSPS) is 20.7. The Morgan fingerprint density at radius 1 is 1.12 bits per heavy atom. The van der Waals surface area contributed by atoms with Crippen LogP contribution in [0.1, 0.15) is 11.5 Å². The van der Waals surface area contributed by atoms with E-state index in [0.717, 1.165) is 12.1 Å². The summed E-state index contributed by atoms with van der Waals surface area (Å²) in [6, 6.07) is 5.00. The molecule has 2 aromatic rings. The van der Waals surface area contributed by atoms with Gasteiger partial charge in [-0.15, -0.1) is 23.2 Å². The Morgan fingerprint density at radius 3 is 2.27 bits per heavy atom. The van der Waals surface area contributed by atoms with Crippen molar-refractivity contribution in [1.29, 1.82) is 0 Å². The minimum Gasteiger partial charge on any atom is -0.394 e. The quantitative estimate of drug-likeness (QED) is 0.334. The predicted octanol–water partition coefficient (Wildman–Crippen LogP) is 6.03. The number of benzene rings is 2. The molecule has 2 aromatic carbocycles. The summed E-state index contributed by atoms with van der Waals surface area (Å²) in [5.41, 5.74) is 4.80. The number of hydrogen-bond acceptors (Lipinski definition) is 2. The molecule has 3 N–H and O–H groups in total. The van der Waals surface area contributed by atoms with Gasteiger partial charge in [0.25, 0.3) is 0 Å². The van der Waals surface area contributed by atoms with Crippen LogP contribution in [0.4, 0.5) is 20.2 Å². The van der Waals surface area contributed by atoms with Crippen LogP contribution in [0.2, 0.25) is 15.1 Å². The van der Waals surface area contributed by atoms with Gasteiger partial charge in [-0.3, -0.25) is 4.79 Å². The van der Waals surface area contributed by atoms with Gasteiger partial charge < -0.3 is 11.1 Å². The zero-order valence-corrected chi connectivity index (χ0v) is 16.4. The van der Waals surface area contributed by atoms with Crippen molar-refractivity contribution in [3.8, 4) is 0 Å². The van der Waals surface area contributed by atoms with E-state index in [1.807, 2.05) is 0 Å². The highest BCUT2D eigenvalue weighted by atomic mass is 35.5. The van der Waals surface area contributed by atoms with Gasteiger partial charge in [-0.05, 0) is 29.8 Å². The number of anilines is 2. The van der Waals surface area contributed by atoms with E-state index in [2.05, 4.69) is 5.32 Å². The molecule has 0 unspecified atom stereocenters. The van der Waals surface area contributed by atoms with Gasteiger partial charge in [0.2, 0.25) is 5.91 Å². The molecular formula is C16H9Cl5F2N2O. The Morgan fingerprint density at radius 2 is 1.69 bits per heavy atom. The molecule has 2 atom stereocenters. The van der Waals surface area contributed by atoms with Crippen molar-refractivity contribution in [2.45, 2.75) is 10.3 Å². The lowest BCUT2D eigenvalue weighted by Gasteiger charge is -2.08. The molecule has 0 aliphatic heterocycles. The van der Waals surface area contributed by atoms with Crippen LogP contribution in [-0.4, -0.2) is 10.2 Å². The van der Waals surface area contributed by atoms with Gasteiger partial charge in [0.15, 0.2) is 5.82 Å². The van der Waals surface area contributed by atoms with Crippen molar-refractivity contribution in [2.75, 3.05) is 11.1 Å². The summed E-state index contributed by atoms with van der Waals surface area (Å²) in [5.74, 6) is -4.22. The van der Waals surface area contributed by atoms with Gasteiger partial charge in [-0.25, -0.2) is 8.78 Å². The predicted molar refractivity (Wildman–Crippen MR) is 102 cm³/mol. The van der Waals surface area contributed by atoms with Gasteiger partial charge >= 0.3 is 0 Å². The molecule has 0 spiro atoms. The van der Waals surface area contributed by atoms with E-state index in [1.165, 1.54) is 12.1 Å². The molecule has 0 aromatic heterocycles. The van der Waals surface area contributed by atoms with Crippen LogP contribution < -0.4 is 11.1 Å². The number of nitrogen functional groups attached to an aromatic ring is 1. The highest BCUT2D eigenvalue weighted by Gasteiger charge is 2.67. The van der Waals surface area contributed by atoms with Crippen molar-refractivity contribution in [2.24, 2.45) is 5.92 Å². The molecule has 26 heavy (non-hydrogen) atoms. The summed E-state index contributed by atoms with van der Waals surface area (Å²) < 4.78 is 25.7. The third-order valence-electron chi connectivity index (χ3n) is 4.09. The second-order valence-corrected chi connectivity index (χ2v) is 8.38. The molecule has 1 saturated carbocycles. The number of rotatable bonds is 3. The van der Waals surface area contributed by atoms with Crippen LogP contribution in [-0.2, 0) is 4.79 Å². The molecule has 3 rings (SSSR count). The highest BCUT2D eigenvalue weighted by molar-refractivity contribution is 6.54. The van der Waals surface area contributed by atoms with E-state index in [0.29, 0.717) is 5.56 Å². The lowest BCUT2D eigenvalue weighted by atomic mass is 10.1. The van der Waals surface area contributed by atoms with Crippen molar-refractivity contribution in [1.82, 2.24) is 0 Å². The van der Waals surface area contributed by atoms with E-state index in [-0.39, 0.29) is 20.8 Å². The minimum absolute atomic E-state index is 0.164. The molecule has 1 aliphatic carbocycles. The summed E-state index contributed by atoms with van der Waals surface area (Å²) in [4.78, 5) is 12.5. The first-order valence-electron chi connectivity index (χ1n) is 7.12. The van der Waals surface area contributed by atoms with Crippen LogP contribution >= 0.6 is 58.0 Å². The average Bonchev–Trinajstić information content (AvgIpc) is 3.15. The summed E-state index contributed by atoms with van der Waals surface area (Å²) in [5, 5.41) is 2.84. The van der Waals surface area contributed by atoms with Gasteiger partial charge in [0, 0.05) is 5.92 Å². The standard InChI is InChI=1S/C16H9Cl5F2N2O/c17-6-3-5(4-7(18)12(6)19)10-11(16(10,20)21)15(26)25-9-2-1-8(22)14(24)13(9)23/h1-4,10-11H,24H2,(H,25,26)/t10-,11+/m0/s1.